The van der Waals surface area contributed by atoms with Gasteiger partial charge in [-0.15, -0.1) is 0 Å². The van der Waals surface area contributed by atoms with Crippen molar-refractivity contribution in [2.45, 2.75) is 0 Å². The predicted molar refractivity (Wildman–Crippen MR) is 131 cm³/mol. The molecular weight excluding hydrogens is 559 g/mol. The maximum Gasteiger partial charge on any atom is 0.266 e. The summed E-state index contributed by atoms with van der Waals surface area (Å²) in [6.07, 6.45) is 3.62. The number of phenolic OH excluding ortho intramolecular Hbond substituents is 1. The van der Waals surface area contributed by atoms with Crippen molar-refractivity contribution in [1.82, 2.24) is 9.55 Å². The molecule has 0 fully saturated rings. The second-order valence-electron chi connectivity index (χ2n) is 6.51. The third-order valence-electron chi connectivity index (χ3n) is 4.57. The fraction of sp³-hybridized carbons (Fsp3) is 0.0435. The molecule has 30 heavy (non-hydrogen) atoms. The molecule has 5 nitrogen and oxygen atoms in total. The lowest BCUT2D eigenvalue weighted by molar-refractivity contribution is 0.373. The Balaban J connectivity index is 1.91. The van der Waals surface area contributed by atoms with E-state index in [-0.39, 0.29) is 11.3 Å². The van der Waals surface area contributed by atoms with E-state index in [4.69, 9.17) is 9.72 Å². The van der Waals surface area contributed by atoms with Crippen LogP contribution in [0.15, 0.2) is 69.9 Å². The van der Waals surface area contributed by atoms with Gasteiger partial charge in [-0.25, -0.2) is 4.98 Å². The molecule has 0 amide bonds. The van der Waals surface area contributed by atoms with Gasteiger partial charge in [0.1, 0.15) is 5.82 Å². The number of fused-ring (bicyclic) bond motifs is 1. The number of ether oxygens (including phenoxy) is 1. The largest absolute Gasteiger partial charge is 0.504 e. The van der Waals surface area contributed by atoms with Gasteiger partial charge in [0, 0.05) is 8.04 Å². The first-order valence-corrected chi connectivity index (χ1v) is 10.9. The molecule has 0 saturated heterocycles. The van der Waals surface area contributed by atoms with Gasteiger partial charge in [0.15, 0.2) is 11.5 Å². The van der Waals surface area contributed by atoms with E-state index in [9.17, 15) is 9.90 Å². The summed E-state index contributed by atoms with van der Waals surface area (Å²) in [6.45, 7) is 0. The van der Waals surface area contributed by atoms with Crippen LogP contribution in [-0.2, 0) is 0 Å². The molecule has 0 aliphatic heterocycles. The molecule has 0 aliphatic carbocycles. The van der Waals surface area contributed by atoms with Crippen LogP contribution in [0.1, 0.15) is 11.4 Å². The fourth-order valence-corrected chi connectivity index (χ4v) is 3.85. The monoisotopic (exact) mass is 574 g/mol. The topological polar surface area (TPSA) is 64.3 Å². The van der Waals surface area contributed by atoms with Gasteiger partial charge in [0.05, 0.1) is 23.7 Å². The van der Waals surface area contributed by atoms with Gasteiger partial charge in [0.2, 0.25) is 0 Å². The molecular formula is C23H16BrIN2O3. The van der Waals surface area contributed by atoms with Gasteiger partial charge < -0.3 is 9.84 Å². The van der Waals surface area contributed by atoms with Crippen molar-refractivity contribution in [2.75, 3.05) is 7.11 Å². The van der Waals surface area contributed by atoms with Gasteiger partial charge >= 0.3 is 0 Å². The molecule has 0 aliphatic rings. The van der Waals surface area contributed by atoms with Crippen LogP contribution in [0.4, 0.5) is 0 Å². The standard InChI is InChI=1S/C23H16BrIN2O3/c1-30-21-12-14(2-10-20(21)28)3-11-22-26-19-9-6-16(25)13-18(19)23(29)27(22)17-7-4-15(24)5-8-17/h2-13,28H,1H3/b11-3+. The Morgan fingerprint density at radius 1 is 1.07 bits per heavy atom. The lowest BCUT2D eigenvalue weighted by Crippen LogP contribution is -2.22. The summed E-state index contributed by atoms with van der Waals surface area (Å²) in [4.78, 5) is 18.1. The number of hydrogen-bond donors (Lipinski definition) is 1. The molecule has 150 valence electrons. The first kappa shape index (κ1) is 20.6. The average molecular weight is 575 g/mol. The second kappa shape index (κ2) is 8.61. The van der Waals surface area contributed by atoms with Gasteiger partial charge in [0.25, 0.3) is 5.56 Å². The Morgan fingerprint density at radius 2 is 1.83 bits per heavy atom. The van der Waals surface area contributed by atoms with E-state index in [2.05, 4.69) is 38.5 Å². The Hall–Kier alpha value is -2.65. The average Bonchev–Trinajstić information content (AvgIpc) is 2.74. The number of phenols is 1. The highest BCUT2D eigenvalue weighted by Gasteiger charge is 2.12. The molecule has 0 radical (unpaired) electrons. The van der Waals surface area contributed by atoms with Crippen molar-refractivity contribution < 1.29 is 9.84 Å². The quantitative estimate of drug-likeness (QED) is 0.321. The zero-order valence-corrected chi connectivity index (χ0v) is 19.6. The Labute approximate surface area is 194 Å². The van der Waals surface area contributed by atoms with Crippen molar-refractivity contribution in [2.24, 2.45) is 0 Å². The molecule has 0 saturated carbocycles. The molecule has 1 heterocycles. The van der Waals surface area contributed by atoms with Crippen LogP contribution in [0.3, 0.4) is 0 Å². The summed E-state index contributed by atoms with van der Waals surface area (Å²) >= 11 is 5.62. The van der Waals surface area contributed by atoms with E-state index in [0.717, 1.165) is 19.3 Å². The van der Waals surface area contributed by atoms with E-state index in [1.807, 2.05) is 48.5 Å². The molecule has 0 bridgehead atoms. The zero-order chi connectivity index (χ0) is 21.3. The molecule has 4 rings (SSSR count). The maximum absolute atomic E-state index is 13.4. The summed E-state index contributed by atoms with van der Waals surface area (Å²) in [6, 6.07) is 18.2. The first-order valence-electron chi connectivity index (χ1n) is 8.99. The summed E-state index contributed by atoms with van der Waals surface area (Å²) in [5.74, 6) is 0.950. The van der Waals surface area contributed by atoms with Crippen LogP contribution in [0.2, 0.25) is 0 Å². The van der Waals surface area contributed by atoms with Gasteiger partial charge in [-0.1, -0.05) is 28.1 Å². The van der Waals surface area contributed by atoms with Crippen molar-refractivity contribution in [3.63, 3.8) is 0 Å². The van der Waals surface area contributed by atoms with Crippen LogP contribution < -0.4 is 10.3 Å². The molecule has 3 aromatic carbocycles. The molecule has 0 atom stereocenters. The van der Waals surface area contributed by atoms with Gasteiger partial charge in [-0.2, -0.15) is 0 Å². The molecule has 0 spiro atoms. The number of hydrogen-bond acceptors (Lipinski definition) is 4. The lowest BCUT2D eigenvalue weighted by Gasteiger charge is -2.12. The number of aromatic nitrogens is 2. The molecule has 1 N–H and O–H groups in total. The first-order chi connectivity index (χ1) is 14.5. The Morgan fingerprint density at radius 3 is 2.57 bits per heavy atom. The van der Waals surface area contributed by atoms with E-state index in [0.29, 0.717) is 22.5 Å². The molecule has 0 unspecified atom stereocenters. The van der Waals surface area contributed by atoms with Crippen molar-refractivity contribution in [3.8, 4) is 17.2 Å². The summed E-state index contributed by atoms with van der Waals surface area (Å²) < 4.78 is 8.67. The highest BCUT2D eigenvalue weighted by Crippen LogP contribution is 2.27. The number of nitrogens with zero attached hydrogens (tertiary/aromatic N) is 2. The van der Waals surface area contributed by atoms with Gasteiger partial charge in [-0.05, 0) is 88.8 Å². The Kier molecular flexibility index (Phi) is 5.92. The summed E-state index contributed by atoms with van der Waals surface area (Å²) in [7, 11) is 1.50. The maximum atomic E-state index is 13.4. The number of benzene rings is 3. The minimum Gasteiger partial charge on any atom is -0.504 e. The van der Waals surface area contributed by atoms with Gasteiger partial charge in [-0.3, -0.25) is 9.36 Å². The van der Waals surface area contributed by atoms with Crippen molar-refractivity contribution in [1.29, 1.82) is 0 Å². The number of aromatic hydroxyl groups is 1. The highest BCUT2D eigenvalue weighted by molar-refractivity contribution is 14.1. The number of methoxy groups -OCH3 is 1. The van der Waals surface area contributed by atoms with Crippen LogP contribution >= 0.6 is 38.5 Å². The van der Waals surface area contributed by atoms with Crippen molar-refractivity contribution in [3.05, 3.63) is 90.4 Å². The minimum absolute atomic E-state index is 0.0693. The minimum atomic E-state index is -0.135. The van der Waals surface area contributed by atoms with E-state index < -0.39 is 0 Å². The van der Waals surface area contributed by atoms with Crippen LogP contribution in [0, 0.1) is 3.57 Å². The number of halogens is 2. The van der Waals surface area contributed by atoms with E-state index in [1.54, 1.807) is 28.8 Å². The summed E-state index contributed by atoms with van der Waals surface area (Å²) in [5.41, 5.74) is 2.03. The third kappa shape index (κ3) is 4.13. The highest BCUT2D eigenvalue weighted by atomic mass is 127. The molecule has 1 aromatic heterocycles. The SMILES string of the molecule is COc1cc(/C=C/c2nc3ccc(I)cc3c(=O)n2-c2ccc(Br)cc2)ccc1O. The zero-order valence-electron chi connectivity index (χ0n) is 15.8. The smallest absolute Gasteiger partial charge is 0.266 e. The van der Waals surface area contributed by atoms with Crippen molar-refractivity contribution >= 4 is 61.6 Å². The Bertz CT molecular complexity index is 1330. The second-order valence-corrected chi connectivity index (χ2v) is 8.67. The molecule has 4 aromatic rings. The number of rotatable bonds is 4. The summed E-state index contributed by atoms with van der Waals surface area (Å²) in [5, 5.41) is 10.4. The lowest BCUT2D eigenvalue weighted by atomic mass is 10.1. The fourth-order valence-electron chi connectivity index (χ4n) is 3.10. The molecule has 7 heteroatoms. The third-order valence-corrected chi connectivity index (χ3v) is 5.77. The van der Waals surface area contributed by atoms with E-state index in [1.165, 1.54) is 7.11 Å². The van der Waals surface area contributed by atoms with Crippen LogP contribution in [-0.4, -0.2) is 21.8 Å². The normalized spacial score (nSPS) is 11.3. The van der Waals surface area contributed by atoms with Crippen LogP contribution in [0.5, 0.6) is 11.5 Å². The van der Waals surface area contributed by atoms with E-state index >= 15 is 0 Å². The van der Waals surface area contributed by atoms with Crippen LogP contribution in [0.25, 0.3) is 28.7 Å². The predicted octanol–water partition coefficient (Wildman–Crippen LogP) is 5.64.